The molecule has 0 saturated carbocycles. The summed E-state index contributed by atoms with van der Waals surface area (Å²) in [7, 11) is 0. The second kappa shape index (κ2) is 5.68. The third kappa shape index (κ3) is 5.36. The summed E-state index contributed by atoms with van der Waals surface area (Å²) < 4.78 is 10.3. The van der Waals surface area contributed by atoms with Crippen LogP contribution >= 0.6 is 23.5 Å². The molecule has 0 unspecified atom stereocenters. The van der Waals surface area contributed by atoms with Gasteiger partial charge in [0.05, 0.1) is 4.24 Å². The Balaban J connectivity index is 2.19. The van der Waals surface area contributed by atoms with Crippen molar-refractivity contribution in [2.45, 2.75) is 31.0 Å². The number of hydrogen-bond donors (Lipinski definition) is 1. The van der Waals surface area contributed by atoms with Crippen molar-refractivity contribution in [3.05, 3.63) is 10.5 Å². The van der Waals surface area contributed by atoms with E-state index < -0.39 is 22.1 Å². The number of rotatable bonds is 4. The van der Waals surface area contributed by atoms with Crippen LogP contribution in [0.4, 0.5) is 0 Å². The zero-order chi connectivity index (χ0) is 13.1. The molecule has 0 aromatic carbocycles. The minimum atomic E-state index is -0.857. The zero-order valence-corrected chi connectivity index (χ0v) is 11.4. The van der Waals surface area contributed by atoms with Crippen LogP contribution in [0.3, 0.4) is 0 Å². The smallest absolute Gasteiger partial charge is 0.344 e. The molecule has 0 bridgehead atoms. The average molecular weight is 278 g/mol. The Kier molecular flexibility index (Phi) is 4.76. The molecule has 1 rings (SSSR count). The van der Waals surface area contributed by atoms with Crippen molar-refractivity contribution in [3.63, 3.8) is 0 Å². The van der Waals surface area contributed by atoms with Crippen LogP contribution in [-0.4, -0.2) is 33.8 Å². The minimum Gasteiger partial charge on any atom is -0.488 e. The lowest BCUT2D eigenvalue weighted by atomic mass is 10.2. The van der Waals surface area contributed by atoms with Gasteiger partial charge < -0.3 is 14.6 Å². The quantitative estimate of drug-likeness (QED) is 0.623. The molecular formula is C10H14O5S2. The molecule has 7 heteroatoms. The van der Waals surface area contributed by atoms with Crippen LogP contribution in [0.1, 0.15) is 20.8 Å². The Morgan fingerprint density at radius 1 is 1.41 bits per heavy atom. The molecule has 0 aromatic rings. The lowest BCUT2D eigenvalue weighted by Crippen LogP contribution is -2.26. The van der Waals surface area contributed by atoms with Gasteiger partial charge in [-0.1, -0.05) is 23.5 Å². The minimum absolute atomic E-state index is 0.167. The van der Waals surface area contributed by atoms with Gasteiger partial charge in [0.25, 0.3) is 0 Å². The summed E-state index contributed by atoms with van der Waals surface area (Å²) in [6.45, 7) is 5.16. The summed E-state index contributed by atoms with van der Waals surface area (Å²) in [5.74, 6) is -1.30. The summed E-state index contributed by atoms with van der Waals surface area (Å²) in [6, 6.07) is 0. The molecule has 0 atom stereocenters. The maximum atomic E-state index is 11.2. The van der Waals surface area contributed by atoms with Crippen LogP contribution in [0, 0.1) is 0 Å². The predicted molar refractivity (Wildman–Crippen MR) is 66.5 cm³/mol. The number of carboxylic acid groups (broad SMARTS) is 1. The SMILES string of the molecule is CC(C)(C)OC(=O)COC=C1SC(C(=O)O)S1. The molecule has 1 aliphatic heterocycles. The highest BCUT2D eigenvalue weighted by atomic mass is 32.3. The molecular weight excluding hydrogens is 264 g/mol. The van der Waals surface area contributed by atoms with Gasteiger partial charge in [0.15, 0.2) is 11.2 Å². The molecule has 0 amide bonds. The number of hydrogen-bond acceptors (Lipinski definition) is 6. The largest absolute Gasteiger partial charge is 0.488 e. The van der Waals surface area contributed by atoms with Crippen molar-refractivity contribution in [1.82, 2.24) is 0 Å². The van der Waals surface area contributed by atoms with Gasteiger partial charge >= 0.3 is 11.9 Å². The predicted octanol–water partition coefficient (Wildman–Crippen LogP) is 2.03. The first-order valence-corrected chi connectivity index (χ1v) is 6.63. The molecule has 1 aliphatic rings. The fourth-order valence-electron chi connectivity index (χ4n) is 0.925. The van der Waals surface area contributed by atoms with E-state index in [1.54, 1.807) is 20.8 Å². The fourth-order valence-corrected chi connectivity index (χ4v) is 2.72. The summed E-state index contributed by atoms with van der Waals surface area (Å²) in [6.07, 6.45) is 1.39. The number of aliphatic carboxylic acids is 1. The van der Waals surface area contributed by atoms with Gasteiger partial charge in [0.2, 0.25) is 0 Å². The van der Waals surface area contributed by atoms with E-state index in [2.05, 4.69) is 0 Å². The zero-order valence-electron chi connectivity index (χ0n) is 9.76. The van der Waals surface area contributed by atoms with Crippen LogP contribution in [-0.2, 0) is 19.1 Å². The van der Waals surface area contributed by atoms with Gasteiger partial charge in [-0.05, 0) is 20.8 Å². The van der Waals surface area contributed by atoms with E-state index in [4.69, 9.17) is 14.6 Å². The molecule has 96 valence electrons. The number of thioether (sulfide) groups is 2. The van der Waals surface area contributed by atoms with Gasteiger partial charge in [-0.2, -0.15) is 0 Å². The van der Waals surface area contributed by atoms with Crippen molar-refractivity contribution in [3.8, 4) is 0 Å². The number of esters is 1. The van der Waals surface area contributed by atoms with E-state index in [0.717, 1.165) is 4.24 Å². The summed E-state index contributed by atoms with van der Waals surface area (Å²) in [5.41, 5.74) is -0.526. The van der Waals surface area contributed by atoms with E-state index in [0.29, 0.717) is 0 Å². The number of carbonyl (C=O) groups excluding carboxylic acids is 1. The molecule has 1 fully saturated rings. The van der Waals surface area contributed by atoms with E-state index >= 15 is 0 Å². The molecule has 1 saturated heterocycles. The number of carbonyl (C=O) groups is 2. The van der Waals surface area contributed by atoms with Crippen LogP contribution in [0.5, 0.6) is 0 Å². The van der Waals surface area contributed by atoms with Crippen molar-refractivity contribution in [2.75, 3.05) is 6.61 Å². The van der Waals surface area contributed by atoms with E-state index in [9.17, 15) is 9.59 Å². The monoisotopic (exact) mass is 278 g/mol. The fraction of sp³-hybridized carbons (Fsp3) is 0.600. The van der Waals surface area contributed by atoms with Gasteiger partial charge in [-0.3, -0.25) is 4.79 Å². The van der Waals surface area contributed by atoms with Crippen LogP contribution in [0.2, 0.25) is 0 Å². The highest BCUT2D eigenvalue weighted by Gasteiger charge is 2.32. The van der Waals surface area contributed by atoms with Crippen LogP contribution < -0.4 is 0 Å². The first kappa shape index (κ1) is 14.2. The second-order valence-corrected chi connectivity index (χ2v) is 7.09. The van der Waals surface area contributed by atoms with Crippen molar-refractivity contribution < 1.29 is 24.2 Å². The Bertz CT molecular complexity index is 337. The summed E-state index contributed by atoms with van der Waals surface area (Å²) in [5, 5.41) is 8.61. The summed E-state index contributed by atoms with van der Waals surface area (Å²) >= 11 is 2.39. The Labute approximate surface area is 108 Å². The van der Waals surface area contributed by atoms with E-state index in [1.165, 1.54) is 29.8 Å². The molecule has 0 radical (unpaired) electrons. The molecule has 1 N–H and O–H groups in total. The van der Waals surface area contributed by atoms with Crippen LogP contribution in [0.25, 0.3) is 0 Å². The highest BCUT2D eigenvalue weighted by Crippen LogP contribution is 2.50. The second-order valence-electron chi connectivity index (χ2n) is 4.24. The van der Waals surface area contributed by atoms with Gasteiger partial charge in [-0.25, -0.2) is 4.79 Å². The van der Waals surface area contributed by atoms with Crippen LogP contribution in [0.15, 0.2) is 10.5 Å². The average Bonchev–Trinajstić information content (AvgIpc) is 2.04. The van der Waals surface area contributed by atoms with E-state index in [-0.39, 0.29) is 6.61 Å². The third-order valence-corrected chi connectivity index (χ3v) is 4.09. The normalized spacial score (nSPS) is 19.2. The Morgan fingerprint density at radius 3 is 2.47 bits per heavy atom. The first-order chi connectivity index (χ1) is 7.78. The standard InChI is InChI=1S/C10H14O5S2/c1-10(2,3)15-6(11)4-14-5-7-16-9(17-7)8(12)13/h5,9H,4H2,1-3H3,(H,12,13). The highest BCUT2D eigenvalue weighted by molar-refractivity contribution is 8.39. The first-order valence-electron chi connectivity index (χ1n) is 4.88. The lowest BCUT2D eigenvalue weighted by molar-refractivity contribution is -0.158. The topological polar surface area (TPSA) is 72.8 Å². The van der Waals surface area contributed by atoms with Gasteiger partial charge in [-0.15, -0.1) is 0 Å². The van der Waals surface area contributed by atoms with Crippen molar-refractivity contribution in [2.24, 2.45) is 0 Å². The number of ether oxygens (including phenoxy) is 2. The van der Waals surface area contributed by atoms with Crippen molar-refractivity contribution in [1.29, 1.82) is 0 Å². The molecule has 17 heavy (non-hydrogen) atoms. The third-order valence-electron chi connectivity index (χ3n) is 1.45. The van der Waals surface area contributed by atoms with Gasteiger partial charge in [0.1, 0.15) is 11.9 Å². The van der Waals surface area contributed by atoms with Gasteiger partial charge in [0, 0.05) is 0 Å². The van der Waals surface area contributed by atoms with Crippen molar-refractivity contribution >= 4 is 35.5 Å². The van der Waals surface area contributed by atoms with E-state index in [1.807, 2.05) is 0 Å². The molecule has 1 heterocycles. The maximum Gasteiger partial charge on any atom is 0.344 e. The lowest BCUT2D eigenvalue weighted by Gasteiger charge is -2.23. The number of carboxylic acids is 1. The molecule has 0 aliphatic carbocycles. The molecule has 5 nitrogen and oxygen atoms in total. The Hall–Kier alpha value is -0.820. The molecule has 0 spiro atoms. The maximum absolute atomic E-state index is 11.2. The summed E-state index contributed by atoms with van der Waals surface area (Å²) in [4.78, 5) is 21.7. The Morgan fingerprint density at radius 2 is 2.00 bits per heavy atom. The molecule has 0 aromatic heterocycles.